The molecule has 1 aliphatic rings. The number of rotatable bonds is 5. The molecule has 3 heterocycles. The lowest BCUT2D eigenvalue weighted by Gasteiger charge is -2.25. The van der Waals surface area contributed by atoms with Crippen LogP contribution in [0.3, 0.4) is 0 Å². The van der Waals surface area contributed by atoms with Gasteiger partial charge in [0.15, 0.2) is 5.65 Å². The number of fused-ring (bicyclic) bond motifs is 1. The van der Waals surface area contributed by atoms with E-state index in [0.29, 0.717) is 23.6 Å². The van der Waals surface area contributed by atoms with Crippen LogP contribution < -0.4 is 4.74 Å². The number of amides is 1. The third kappa shape index (κ3) is 3.79. The lowest BCUT2D eigenvalue weighted by atomic mass is 10.0. The quantitative estimate of drug-likeness (QED) is 0.386. The fourth-order valence-electron chi connectivity index (χ4n) is 4.68. The van der Waals surface area contributed by atoms with Gasteiger partial charge in [-0.1, -0.05) is 42.0 Å². The van der Waals surface area contributed by atoms with Crippen molar-refractivity contribution in [1.29, 1.82) is 0 Å². The minimum atomic E-state index is -2.80. The van der Waals surface area contributed by atoms with Gasteiger partial charge >= 0.3 is 0 Å². The highest BCUT2D eigenvalue weighted by molar-refractivity contribution is 6.00. The van der Waals surface area contributed by atoms with E-state index < -0.39 is 6.43 Å². The fraction of sp³-hybridized carbons (Fsp3) is 0.269. The standard InChI is InChI=1S/C26H24F2N4O2/c1-16-7-5-8-17(13-16)21-10-6-12-31(21)26(33)19-15-29-32-22(24(27)28)14-20(30-25(19)32)18-9-3-4-11-23(18)34-2/h3-5,7-9,11,13-15,21,24H,6,10,12H2,1-2H3/t21-/m0/s1. The van der Waals surface area contributed by atoms with E-state index in [4.69, 9.17) is 4.74 Å². The maximum atomic E-state index is 14.0. The van der Waals surface area contributed by atoms with Gasteiger partial charge in [0.1, 0.15) is 17.0 Å². The average molecular weight is 463 g/mol. The number of alkyl halides is 2. The predicted molar refractivity (Wildman–Crippen MR) is 124 cm³/mol. The number of hydrogen-bond donors (Lipinski definition) is 0. The summed E-state index contributed by atoms with van der Waals surface area (Å²) in [6, 6.07) is 16.4. The van der Waals surface area contributed by atoms with Crippen molar-refractivity contribution >= 4 is 11.6 Å². The molecule has 1 fully saturated rings. The van der Waals surface area contributed by atoms with Crippen LogP contribution in [0.15, 0.2) is 60.8 Å². The minimum Gasteiger partial charge on any atom is -0.496 e. The Morgan fingerprint density at radius 3 is 2.74 bits per heavy atom. The molecule has 34 heavy (non-hydrogen) atoms. The Kier molecular flexibility index (Phi) is 5.73. The van der Waals surface area contributed by atoms with Crippen LogP contribution in [0.25, 0.3) is 16.9 Å². The zero-order valence-electron chi connectivity index (χ0n) is 18.9. The average Bonchev–Trinajstić information content (AvgIpc) is 3.50. The summed E-state index contributed by atoms with van der Waals surface area (Å²) in [6.45, 7) is 2.60. The van der Waals surface area contributed by atoms with E-state index >= 15 is 0 Å². The Balaban J connectivity index is 1.61. The summed E-state index contributed by atoms with van der Waals surface area (Å²) in [6.07, 6.45) is 0.255. The van der Waals surface area contributed by atoms with Crippen molar-refractivity contribution in [2.24, 2.45) is 0 Å². The largest absolute Gasteiger partial charge is 0.496 e. The molecule has 0 spiro atoms. The molecule has 5 rings (SSSR count). The second kappa shape index (κ2) is 8.85. The van der Waals surface area contributed by atoms with E-state index in [0.717, 1.165) is 28.5 Å². The van der Waals surface area contributed by atoms with Crippen molar-refractivity contribution in [3.05, 3.63) is 83.2 Å². The van der Waals surface area contributed by atoms with Gasteiger partial charge in [-0.3, -0.25) is 4.79 Å². The first kappa shape index (κ1) is 22.0. The number of aryl methyl sites for hydroxylation is 1. The zero-order valence-corrected chi connectivity index (χ0v) is 18.9. The molecule has 1 amide bonds. The van der Waals surface area contributed by atoms with Crippen molar-refractivity contribution in [3.63, 3.8) is 0 Å². The lowest BCUT2D eigenvalue weighted by Crippen LogP contribution is -2.30. The highest BCUT2D eigenvalue weighted by Gasteiger charge is 2.33. The third-order valence-electron chi connectivity index (χ3n) is 6.28. The molecule has 4 aromatic rings. The SMILES string of the molecule is COc1ccccc1-c1cc(C(F)F)n2ncc(C(=O)N3CCC[C@H]3c3cccc(C)c3)c2n1. The van der Waals surface area contributed by atoms with Crippen molar-refractivity contribution in [2.75, 3.05) is 13.7 Å². The lowest BCUT2D eigenvalue weighted by molar-refractivity contribution is 0.0737. The maximum Gasteiger partial charge on any atom is 0.280 e. The van der Waals surface area contributed by atoms with Crippen molar-refractivity contribution in [1.82, 2.24) is 19.5 Å². The highest BCUT2D eigenvalue weighted by atomic mass is 19.3. The molecule has 1 saturated heterocycles. The van der Waals surface area contributed by atoms with Gasteiger partial charge in [0, 0.05) is 12.1 Å². The van der Waals surface area contributed by atoms with E-state index in [2.05, 4.69) is 16.1 Å². The first-order valence-electron chi connectivity index (χ1n) is 11.2. The Morgan fingerprint density at radius 2 is 1.97 bits per heavy atom. The molecule has 2 aromatic carbocycles. The van der Waals surface area contributed by atoms with Crippen molar-refractivity contribution in [2.45, 2.75) is 32.2 Å². The van der Waals surface area contributed by atoms with E-state index in [1.54, 1.807) is 29.2 Å². The summed E-state index contributed by atoms with van der Waals surface area (Å²) in [5.41, 5.74) is 3.04. The Bertz CT molecular complexity index is 1370. The summed E-state index contributed by atoms with van der Waals surface area (Å²) in [4.78, 5) is 20.1. The molecule has 0 saturated carbocycles. The summed E-state index contributed by atoms with van der Waals surface area (Å²) < 4.78 is 34.4. The minimum absolute atomic E-state index is 0.0747. The van der Waals surface area contributed by atoms with Crippen LogP contribution in [0, 0.1) is 6.92 Å². The summed E-state index contributed by atoms with van der Waals surface area (Å²) in [7, 11) is 1.51. The Morgan fingerprint density at radius 1 is 1.15 bits per heavy atom. The number of hydrogen-bond acceptors (Lipinski definition) is 4. The smallest absolute Gasteiger partial charge is 0.280 e. The number of nitrogens with zero attached hydrogens (tertiary/aromatic N) is 4. The summed E-state index contributed by atoms with van der Waals surface area (Å²) in [5.74, 6) is 0.245. The molecule has 174 valence electrons. The molecule has 0 aliphatic carbocycles. The summed E-state index contributed by atoms with van der Waals surface area (Å²) in [5, 5.41) is 4.12. The molecule has 8 heteroatoms. The van der Waals surface area contributed by atoms with Gasteiger partial charge in [-0.25, -0.2) is 18.3 Å². The van der Waals surface area contributed by atoms with Crippen LogP contribution in [0.1, 0.15) is 52.5 Å². The number of carbonyl (C=O) groups is 1. The van der Waals surface area contributed by atoms with Gasteiger partial charge in [0.2, 0.25) is 0 Å². The normalized spacial score (nSPS) is 15.9. The number of carbonyl (C=O) groups excluding carboxylic acids is 1. The molecule has 1 atom stereocenters. The molecule has 6 nitrogen and oxygen atoms in total. The van der Waals surface area contributed by atoms with E-state index in [1.807, 2.05) is 25.1 Å². The van der Waals surface area contributed by atoms with Gasteiger partial charge in [0.25, 0.3) is 12.3 Å². The van der Waals surface area contributed by atoms with Crippen LogP contribution in [-0.4, -0.2) is 39.1 Å². The van der Waals surface area contributed by atoms with E-state index in [9.17, 15) is 13.6 Å². The van der Waals surface area contributed by atoms with E-state index in [1.165, 1.54) is 19.4 Å². The van der Waals surface area contributed by atoms with Crippen molar-refractivity contribution < 1.29 is 18.3 Å². The van der Waals surface area contributed by atoms with E-state index in [-0.39, 0.29) is 28.9 Å². The predicted octanol–water partition coefficient (Wildman–Crippen LogP) is 5.63. The second-order valence-electron chi connectivity index (χ2n) is 8.43. The number of methoxy groups -OCH3 is 1. The van der Waals surface area contributed by atoms with Gasteiger partial charge in [-0.2, -0.15) is 5.10 Å². The molecule has 0 unspecified atom stereocenters. The van der Waals surface area contributed by atoms with Crippen LogP contribution in [0.2, 0.25) is 0 Å². The maximum absolute atomic E-state index is 14.0. The van der Waals surface area contributed by atoms with Gasteiger partial charge < -0.3 is 9.64 Å². The number of benzene rings is 2. The van der Waals surface area contributed by atoms with Crippen molar-refractivity contribution in [3.8, 4) is 17.0 Å². The van der Waals surface area contributed by atoms with Crippen LogP contribution >= 0.6 is 0 Å². The molecule has 1 aliphatic heterocycles. The first-order chi connectivity index (χ1) is 16.5. The van der Waals surface area contributed by atoms with Gasteiger partial charge in [-0.05, 0) is 43.5 Å². The number of aromatic nitrogens is 3. The van der Waals surface area contributed by atoms with Crippen LogP contribution in [-0.2, 0) is 0 Å². The zero-order chi connectivity index (χ0) is 23.8. The highest BCUT2D eigenvalue weighted by Crippen LogP contribution is 2.35. The second-order valence-corrected chi connectivity index (χ2v) is 8.43. The third-order valence-corrected chi connectivity index (χ3v) is 6.28. The molecular formula is C26H24F2N4O2. The van der Waals surface area contributed by atoms with Gasteiger partial charge in [0.05, 0.1) is 25.0 Å². The molecular weight excluding hydrogens is 438 g/mol. The Hall–Kier alpha value is -3.81. The number of halogens is 2. The molecule has 0 radical (unpaired) electrons. The van der Waals surface area contributed by atoms with Gasteiger partial charge in [-0.15, -0.1) is 0 Å². The summed E-state index contributed by atoms with van der Waals surface area (Å²) >= 11 is 0. The first-order valence-corrected chi connectivity index (χ1v) is 11.2. The monoisotopic (exact) mass is 462 g/mol. The Labute approximate surface area is 195 Å². The topological polar surface area (TPSA) is 59.7 Å². The fourth-order valence-corrected chi connectivity index (χ4v) is 4.68. The number of likely N-dealkylation sites (tertiary alicyclic amines) is 1. The molecule has 0 bridgehead atoms. The molecule has 2 aromatic heterocycles. The van der Waals surface area contributed by atoms with Crippen LogP contribution in [0.5, 0.6) is 5.75 Å². The number of para-hydroxylation sites is 1. The number of ether oxygens (including phenoxy) is 1. The van der Waals surface area contributed by atoms with Crippen LogP contribution in [0.4, 0.5) is 8.78 Å². The molecule has 0 N–H and O–H groups in total.